The van der Waals surface area contributed by atoms with Gasteiger partial charge in [0.1, 0.15) is 5.65 Å². The first kappa shape index (κ1) is 17.1. The highest BCUT2D eigenvalue weighted by Crippen LogP contribution is 2.41. The van der Waals surface area contributed by atoms with Gasteiger partial charge < -0.3 is 0 Å². The van der Waals surface area contributed by atoms with Crippen molar-refractivity contribution >= 4 is 17.4 Å². The standard InChI is InChI=1S/C20H18N6OS/c1-13-6-8-25-17(9-13)22-15(10-18(25)27)12-28-20-24-23-19(26(20)16-4-5-16)14-3-2-7-21-11-14/h2-3,6-11,16H,4-5,12H2,1H3. The molecule has 0 saturated heterocycles. The normalized spacial score (nSPS) is 13.9. The van der Waals surface area contributed by atoms with E-state index in [2.05, 4.69) is 24.7 Å². The number of hydrogen-bond donors (Lipinski definition) is 0. The molecule has 4 heterocycles. The lowest BCUT2D eigenvalue weighted by molar-refractivity contribution is 0.669. The Labute approximate surface area is 165 Å². The van der Waals surface area contributed by atoms with E-state index < -0.39 is 0 Å². The minimum atomic E-state index is -0.0692. The van der Waals surface area contributed by atoms with E-state index in [1.165, 1.54) is 0 Å². The molecule has 1 saturated carbocycles. The smallest absolute Gasteiger partial charge is 0.258 e. The lowest BCUT2D eigenvalue weighted by atomic mass is 10.3. The summed E-state index contributed by atoms with van der Waals surface area (Å²) in [5.41, 5.74) is 3.38. The Bertz CT molecular complexity index is 1210. The number of rotatable bonds is 5. The molecule has 1 fully saturated rings. The topological polar surface area (TPSA) is 78.0 Å². The highest BCUT2D eigenvalue weighted by Gasteiger charge is 2.30. The molecule has 0 amide bonds. The van der Waals surface area contributed by atoms with Gasteiger partial charge >= 0.3 is 0 Å². The minimum Gasteiger partial charge on any atom is -0.299 e. The van der Waals surface area contributed by atoms with Crippen LogP contribution in [0.4, 0.5) is 0 Å². The van der Waals surface area contributed by atoms with Gasteiger partial charge in [-0.3, -0.25) is 18.7 Å². The predicted octanol–water partition coefficient (Wildman–Crippen LogP) is 3.28. The maximum Gasteiger partial charge on any atom is 0.258 e. The maximum atomic E-state index is 12.4. The zero-order valence-electron chi connectivity index (χ0n) is 15.3. The van der Waals surface area contributed by atoms with Crippen molar-refractivity contribution in [2.24, 2.45) is 0 Å². The van der Waals surface area contributed by atoms with Crippen molar-refractivity contribution in [1.82, 2.24) is 29.1 Å². The number of thioether (sulfide) groups is 1. The molecule has 0 N–H and O–H groups in total. The molecule has 0 bridgehead atoms. The van der Waals surface area contributed by atoms with E-state index >= 15 is 0 Å². The monoisotopic (exact) mass is 390 g/mol. The first-order valence-corrected chi connectivity index (χ1v) is 10.1. The van der Waals surface area contributed by atoms with Crippen LogP contribution in [0.15, 0.2) is 58.9 Å². The summed E-state index contributed by atoms with van der Waals surface area (Å²) in [7, 11) is 0. The molecule has 8 heteroatoms. The van der Waals surface area contributed by atoms with Crippen molar-refractivity contribution in [3.63, 3.8) is 0 Å². The summed E-state index contributed by atoms with van der Waals surface area (Å²) in [6, 6.07) is 9.76. The van der Waals surface area contributed by atoms with Gasteiger partial charge in [0.2, 0.25) is 0 Å². The molecule has 1 aliphatic rings. The van der Waals surface area contributed by atoms with Crippen LogP contribution < -0.4 is 5.56 Å². The third kappa shape index (κ3) is 3.20. The van der Waals surface area contributed by atoms with Crippen LogP contribution in [0.2, 0.25) is 0 Å². The van der Waals surface area contributed by atoms with Crippen LogP contribution in [0.25, 0.3) is 17.0 Å². The second-order valence-electron chi connectivity index (χ2n) is 6.96. The number of aryl methyl sites for hydroxylation is 1. The van der Waals surface area contributed by atoms with Crippen LogP contribution >= 0.6 is 11.8 Å². The highest BCUT2D eigenvalue weighted by atomic mass is 32.2. The molecule has 0 atom stereocenters. The summed E-state index contributed by atoms with van der Waals surface area (Å²) in [5, 5.41) is 9.66. The molecular formula is C20H18N6OS. The van der Waals surface area contributed by atoms with E-state index in [1.807, 2.05) is 37.4 Å². The molecule has 7 nitrogen and oxygen atoms in total. The van der Waals surface area contributed by atoms with Crippen LogP contribution in [-0.4, -0.2) is 29.1 Å². The van der Waals surface area contributed by atoms with E-state index in [0.29, 0.717) is 17.4 Å². The molecule has 0 aromatic carbocycles. The van der Waals surface area contributed by atoms with Gasteiger partial charge in [-0.2, -0.15) is 0 Å². The van der Waals surface area contributed by atoms with Crippen LogP contribution in [0.5, 0.6) is 0 Å². The number of pyridine rings is 2. The van der Waals surface area contributed by atoms with Gasteiger partial charge in [-0.15, -0.1) is 10.2 Å². The number of hydrogen-bond acceptors (Lipinski definition) is 6. The largest absolute Gasteiger partial charge is 0.299 e. The summed E-state index contributed by atoms with van der Waals surface area (Å²) in [6.07, 6.45) is 7.59. The average molecular weight is 390 g/mol. The van der Waals surface area contributed by atoms with Crippen molar-refractivity contribution in [2.75, 3.05) is 0 Å². The number of fused-ring (bicyclic) bond motifs is 1. The Morgan fingerprint density at radius 1 is 1.21 bits per heavy atom. The zero-order chi connectivity index (χ0) is 19.1. The Hall–Kier alpha value is -3.00. The van der Waals surface area contributed by atoms with Crippen molar-refractivity contribution in [1.29, 1.82) is 0 Å². The summed E-state index contributed by atoms with van der Waals surface area (Å²) in [6.45, 7) is 1.99. The minimum absolute atomic E-state index is 0.0692. The molecule has 1 aliphatic carbocycles. The average Bonchev–Trinajstić information content (AvgIpc) is 3.45. The second kappa shape index (κ2) is 6.87. The molecule has 4 aromatic rings. The van der Waals surface area contributed by atoms with Crippen molar-refractivity contribution in [2.45, 2.75) is 36.7 Å². The molecule has 0 aliphatic heterocycles. The van der Waals surface area contributed by atoms with E-state index in [0.717, 1.165) is 40.6 Å². The summed E-state index contributed by atoms with van der Waals surface area (Å²) in [5.74, 6) is 1.41. The Balaban J connectivity index is 1.45. The lowest BCUT2D eigenvalue weighted by Crippen LogP contribution is -2.15. The first-order chi connectivity index (χ1) is 13.7. The SMILES string of the molecule is Cc1ccn2c(=O)cc(CSc3nnc(-c4cccnc4)n3C3CC3)nc2c1. The van der Waals surface area contributed by atoms with E-state index in [1.54, 1.807) is 34.6 Å². The molecule has 0 spiro atoms. The second-order valence-corrected chi connectivity index (χ2v) is 7.90. The van der Waals surface area contributed by atoms with Gasteiger partial charge in [-0.25, -0.2) is 4.98 Å². The molecule has 4 aromatic heterocycles. The highest BCUT2D eigenvalue weighted by molar-refractivity contribution is 7.98. The zero-order valence-corrected chi connectivity index (χ0v) is 16.1. The van der Waals surface area contributed by atoms with E-state index in [4.69, 9.17) is 0 Å². The van der Waals surface area contributed by atoms with Gasteiger partial charge in [0.05, 0.1) is 5.69 Å². The third-order valence-electron chi connectivity index (χ3n) is 4.72. The molecular weight excluding hydrogens is 372 g/mol. The molecule has 5 rings (SSSR count). The summed E-state index contributed by atoms with van der Waals surface area (Å²) < 4.78 is 3.76. The Morgan fingerprint density at radius 2 is 2.11 bits per heavy atom. The van der Waals surface area contributed by atoms with Crippen molar-refractivity contribution in [3.8, 4) is 11.4 Å². The van der Waals surface area contributed by atoms with Gasteiger partial charge in [0.25, 0.3) is 5.56 Å². The van der Waals surface area contributed by atoms with Gasteiger partial charge in [-0.05, 0) is 49.6 Å². The van der Waals surface area contributed by atoms with Gasteiger partial charge in [0, 0.05) is 42.0 Å². The Kier molecular flexibility index (Phi) is 4.20. The Morgan fingerprint density at radius 3 is 2.89 bits per heavy atom. The summed E-state index contributed by atoms with van der Waals surface area (Å²) >= 11 is 1.56. The van der Waals surface area contributed by atoms with Crippen molar-refractivity contribution < 1.29 is 0 Å². The fourth-order valence-corrected chi connectivity index (χ4v) is 4.09. The fourth-order valence-electron chi connectivity index (χ4n) is 3.20. The van der Waals surface area contributed by atoms with E-state index in [-0.39, 0.29) is 5.56 Å². The van der Waals surface area contributed by atoms with Gasteiger partial charge in [0.15, 0.2) is 11.0 Å². The van der Waals surface area contributed by atoms with Crippen molar-refractivity contribution in [3.05, 3.63) is 70.5 Å². The summed E-state index contributed by atoms with van der Waals surface area (Å²) in [4.78, 5) is 21.2. The van der Waals surface area contributed by atoms with Gasteiger partial charge in [-0.1, -0.05) is 11.8 Å². The fraction of sp³-hybridized carbons (Fsp3) is 0.250. The van der Waals surface area contributed by atoms with Crippen LogP contribution in [-0.2, 0) is 5.75 Å². The van der Waals surface area contributed by atoms with Crippen LogP contribution in [0, 0.1) is 6.92 Å². The number of aromatic nitrogens is 6. The predicted molar refractivity (Wildman–Crippen MR) is 107 cm³/mol. The number of nitrogens with zero attached hydrogens (tertiary/aromatic N) is 6. The molecule has 140 valence electrons. The maximum absolute atomic E-state index is 12.4. The molecule has 0 unspecified atom stereocenters. The lowest BCUT2D eigenvalue weighted by Gasteiger charge is -2.09. The molecule has 0 radical (unpaired) electrons. The quantitative estimate of drug-likeness (QED) is 0.487. The van der Waals surface area contributed by atoms with Crippen LogP contribution in [0.1, 0.15) is 30.1 Å². The van der Waals surface area contributed by atoms with E-state index in [9.17, 15) is 4.79 Å². The first-order valence-electron chi connectivity index (χ1n) is 9.16. The molecule has 28 heavy (non-hydrogen) atoms. The van der Waals surface area contributed by atoms with Crippen LogP contribution in [0.3, 0.4) is 0 Å². The third-order valence-corrected chi connectivity index (χ3v) is 5.70.